The molecule has 3 heteroatoms. The lowest BCUT2D eigenvalue weighted by atomic mass is 11.6. The van der Waals surface area contributed by atoms with Crippen molar-refractivity contribution in [3.63, 3.8) is 0 Å². The highest BCUT2D eigenvalue weighted by atomic mass is 27.2. The predicted molar refractivity (Wildman–Crippen MR) is 27.7 cm³/mol. The van der Waals surface area contributed by atoms with Crippen LogP contribution in [0.15, 0.2) is 0 Å². The van der Waals surface area contributed by atoms with Crippen molar-refractivity contribution in [3.05, 3.63) is 0 Å². The zero-order valence-electron chi connectivity index (χ0n) is 4.49. The minimum Gasteiger partial charge on any atom is -0.491 e. The van der Waals surface area contributed by atoms with Gasteiger partial charge >= 0.3 is 14.7 Å². The highest BCUT2D eigenvalue weighted by molar-refractivity contribution is 6.46. The quantitative estimate of drug-likeness (QED) is 0.495. The topological polar surface area (TPSA) is 21.3 Å². The lowest BCUT2D eigenvalue weighted by molar-refractivity contribution is 0.416. The second kappa shape index (κ2) is 3.64. The maximum absolute atomic E-state index is 4.93. The van der Waals surface area contributed by atoms with Gasteiger partial charge in [-0.2, -0.15) is 0 Å². The van der Waals surface area contributed by atoms with Crippen molar-refractivity contribution in [2.45, 2.75) is 5.79 Å². The van der Waals surface area contributed by atoms with E-state index < -0.39 is 14.7 Å². The Morgan fingerprint density at radius 2 is 2.17 bits per heavy atom. The van der Waals surface area contributed by atoms with Crippen LogP contribution >= 0.6 is 0 Å². The Hall–Kier alpha value is 0.452. The molecule has 0 aromatic rings. The summed E-state index contributed by atoms with van der Waals surface area (Å²) in [5, 5.41) is 0. The minimum atomic E-state index is -0.910. The first-order valence-electron chi connectivity index (χ1n) is 2.01. The predicted octanol–water partition coefficient (Wildman–Crippen LogP) is -0.0298. The fourth-order valence-electron chi connectivity index (χ4n) is 0.118. The molecule has 2 nitrogen and oxygen atoms in total. The van der Waals surface area contributed by atoms with E-state index in [1.807, 2.05) is 7.05 Å². The van der Waals surface area contributed by atoms with Crippen molar-refractivity contribution in [1.82, 2.24) is 4.30 Å². The van der Waals surface area contributed by atoms with E-state index in [1.54, 1.807) is 7.11 Å². The third kappa shape index (κ3) is 2.68. The number of hydrogen-bond donors (Lipinski definition) is 1. The van der Waals surface area contributed by atoms with E-state index in [4.69, 9.17) is 3.79 Å². The van der Waals surface area contributed by atoms with Gasteiger partial charge in [-0.15, -0.1) is 0 Å². The summed E-state index contributed by atoms with van der Waals surface area (Å²) < 4.78 is 7.96. The largest absolute Gasteiger partial charge is 0.573 e. The molecule has 0 aliphatic carbocycles. The third-order valence-electron chi connectivity index (χ3n) is 0.760. The lowest BCUT2D eigenvalue weighted by Crippen LogP contribution is -2.28. The summed E-state index contributed by atoms with van der Waals surface area (Å²) in [5.41, 5.74) is 0. The average molecular weight is 103 g/mol. The third-order valence-corrected chi connectivity index (χ3v) is 2.28. The van der Waals surface area contributed by atoms with Gasteiger partial charge in [0.1, 0.15) is 0 Å². The molecule has 0 bridgehead atoms. The first-order valence-corrected chi connectivity index (χ1v) is 4.21. The molecule has 36 valence electrons. The van der Waals surface area contributed by atoms with E-state index in [2.05, 4.69) is 10.1 Å². The van der Waals surface area contributed by atoms with Gasteiger partial charge in [-0.25, -0.2) is 0 Å². The maximum Gasteiger partial charge on any atom is 0.573 e. The number of nitrogens with one attached hydrogen (secondary N) is 1. The van der Waals surface area contributed by atoms with Crippen molar-refractivity contribution < 1.29 is 3.79 Å². The van der Waals surface area contributed by atoms with Crippen LogP contribution in [0.2, 0.25) is 5.79 Å². The van der Waals surface area contributed by atoms with Crippen molar-refractivity contribution in [2.75, 3.05) is 14.2 Å². The molecule has 0 aliphatic rings. The molecule has 0 unspecified atom stereocenters. The SMILES string of the molecule is C[NH][Al]([CH3])[O]C. The average Bonchev–Trinajstić information content (AvgIpc) is 1.65. The van der Waals surface area contributed by atoms with E-state index in [1.165, 1.54) is 0 Å². The summed E-state index contributed by atoms with van der Waals surface area (Å²) in [4.78, 5) is 0. The van der Waals surface area contributed by atoms with Gasteiger partial charge in [0.15, 0.2) is 0 Å². The fourth-order valence-corrected chi connectivity index (χ4v) is 0.354. The molecule has 0 fully saturated rings. The van der Waals surface area contributed by atoms with Gasteiger partial charge < -0.3 is 8.09 Å². The second-order valence-corrected chi connectivity index (χ2v) is 3.50. The molecule has 0 aliphatic heterocycles. The van der Waals surface area contributed by atoms with Crippen LogP contribution < -0.4 is 4.30 Å². The van der Waals surface area contributed by atoms with Gasteiger partial charge in [-0.05, 0) is 7.05 Å². The van der Waals surface area contributed by atoms with Crippen LogP contribution in [0.3, 0.4) is 0 Å². The molecule has 0 saturated carbocycles. The molecule has 1 N–H and O–H groups in total. The molecule has 0 aromatic carbocycles. The summed E-state index contributed by atoms with van der Waals surface area (Å²) in [5.74, 6) is 2.08. The molecule has 0 atom stereocenters. The summed E-state index contributed by atoms with van der Waals surface area (Å²) in [6.07, 6.45) is 0. The Bertz CT molecular complexity index is 30.0. The van der Waals surface area contributed by atoms with Gasteiger partial charge in [0, 0.05) is 7.11 Å². The van der Waals surface area contributed by atoms with Crippen LogP contribution in [-0.4, -0.2) is 28.9 Å². The van der Waals surface area contributed by atoms with Gasteiger partial charge in [0.05, 0.1) is 0 Å². The van der Waals surface area contributed by atoms with Crippen molar-refractivity contribution in [1.29, 1.82) is 0 Å². The summed E-state index contributed by atoms with van der Waals surface area (Å²) in [6, 6.07) is 0. The van der Waals surface area contributed by atoms with Crippen LogP contribution in [0.4, 0.5) is 0 Å². The van der Waals surface area contributed by atoms with E-state index >= 15 is 0 Å². The highest BCUT2D eigenvalue weighted by Gasteiger charge is 2.05. The molecule has 0 rings (SSSR count). The molecule has 0 spiro atoms. The van der Waals surface area contributed by atoms with E-state index in [0.717, 1.165) is 0 Å². The van der Waals surface area contributed by atoms with Gasteiger partial charge in [0.25, 0.3) is 0 Å². The number of rotatable bonds is 2. The standard InChI is InChI=1S/CH4N.CH3O.CH3.Al/c2*1-2;;/h2H,1H3;1H3;1H3;/q2*-1;;+2. The first-order chi connectivity index (χ1) is 2.81. The highest BCUT2D eigenvalue weighted by Crippen LogP contribution is 1.68. The molecule has 0 aromatic heterocycles. The fraction of sp³-hybridized carbons (Fsp3) is 1.00. The minimum absolute atomic E-state index is 0.910. The van der Waals surface area contributed by atoms with Crippen LogP contribution in [0, 0.1) is 0 Å². The zero-order chi connectivity index (χ0) is 4.99. The van der Waals surface area contributed by atoms with E-state index in [-0.39, 0.29) is 0 Å². The Labute approximate surface area is 43.4 Å². The molecular weight excluding hydrogens is 93.0 g/mol. The molecule has 6 heavy (non-hydrogen) atoms. The van der Waals surface area contributed by atoms with Crippen LogP contribution in [0.1, 0.15) is 0 Å². The zero-order valence-corrected chi connectivity index (χ0v) is 5.64. The van der Waals surface area contributed by atoms with Crippen LogP contribution in [0.25, 0.3) is 0 Å². The summed E-state index contributed by atoms with van der Waals surface area (Å²) in [6.45, 7) is 0. The molecule has 0 radical (unpaired) electrons. The second-order valence-electron chi connectivity index (χ2n) is 1.17. The van der Waals surface area contributed by atoms with E-state index in [9.17, 15) is 0 Å². The normalized spacial score (nSPS) is 8.50. The van der Waals surface area contributed by atoms with Crippen molar-refractivity contribution in [3.8, 4) is 0 Å². The van der Waals surface area contributed by atoms with Gasteiger partial charge in [-0.3, -0.25) is 0 Å². The summed E-state index contributed by atoms with van der Waals surface area (Å²) >= 11 is -0.910. The molecule has 0 heterocycles. The Kier molecular flexibility index (Phi) is 3.91. The smallest absolute Gasteiger partial charge is 0.491 e. The summed E-state index contributed by atoms with van der Waals surface area (Å²) in [7, 11) is 3.65. The Morgan fingerprint density at radius 3 is 2.17 bits per heavy atom. The lowest BCUT2D eigenvalue weighted by Gasteiger charge is -1.95. The Morgan fingerprint density at radius 1 is 1.67 bits per heavy atom. The van der Waals surface area contributed by atoms with Gasteiger partial charge in [0.2, 0.25) is 0 Å². The molecule has 0 saturated heterocycles. The molecular formula is C3H10AlNO. The van der Waals surface area contributed by atoms with E-state index in [0.29, 0.717) is 0 Å². The van der Waals surface area contributed by atoms with Crippen molar-refractivity contribution in [2.24, 2.45) is 0 Å². The van der Waals surface area contributed by atoms with Gasteiger partial charge in [-0.1, -0.05) is 5.79 Å². The monoisotopic (exact) mass is 103 g/mol. The number of hydrogen-bond acceptors (Lipinski definition) is 2. The Balaban J connectivity index is 2.75. The van der Waals surface area contributed by atoms with Crippen molar-refractivity contribution >= 4 is 14.7 Å². The first kappa shape index (κ1) is 6.45. The molecule has 0 amide bonds. The van der Waals surface area contributed by atoms with Crippen LogP contribution in [0.5, 0.6) is 0 Å². The van der Waals surface area contributed by atoms with Crippen LogP contribution in [-0.2, 0) is 3.79 Å². The maximum atomic E-state index is 4.93.